The van der Waals surface area contributed by atoms with Crippen LogP contribution in [-0.4, -0.2) is 18.9 Å². The average molecular weight is 246 g/mol. The molecule has 18 heavy (non-hydrogen) atoms. The third-order valence-electron chi connectivity index (χ3n) is 3.97. The van der Waals surface area contributed by atoms with E-state index in [1.54, 1.807) is 6.92 Å². The largest absolute Gasteiger partial charge is 0.398 e. The molecule has 3 heteroatoms. The molecule has 0 atom stereocenters. The highest BCUT2D eigenvalue weighted by Gasteiger charge is 2.18. The van der Waals surface area contributed by atoms with E-state index in [-0.39, 0.29) is 5.78 Å². The van der Waals surface area contributed by atoms with Gasteiger partial charge in [0.25, 0.3) is 0 Å². The van der Waals surface area contributed by atoms with Crippen LogP contribution in [0.1, 0.15) is 43.5 Å². The molecule has 1 heterocycles. The van der Waals surface area contributed by atoms with Crippen LogP contribution in [0.2, 0.25) is 0 Å². The van der Waals surface area contributed by atoms with Crippen molar-refractivity contribution >= 4 is 17.2 Å². The molecule has 1 aromatic carbocycles. The van der Waals surface area contributed by atoms with Gasteiger partial charge in [-0.05, 0) is 43.9 Å². The molecule has 0 aliphatic carbocycles. The highest BCUT2D eigenvalue weighted by molar-refractivity contribution is 6.00. The second-order valence-electron chi connectivity index (χ2n) is 5.17. The van der Waals surface area contributed by atoms with Crippen LogP contribution < -0.4 is 10.6 Å². The van der Waals surface area contributed by atoms with Crippen molar-refractivity contribution in [3.63, 3.8) is 0 Å². The molecule has 1 aromatic rings. The molecule has 0 unspecified atom stereocenters. The Morgan fingerprint density at radius 1 is 1.39 bits per heavy atom. The van der Waals surface area contributed by atoms with Gasteiger partial charge >= 0.3 is 0 Å². The average Bonchev–Trinajstić information content (AvgIpc) is 2.39. The van der Waals surface area contributed by atoms with Crippen LogP contribution in [0, 0.1) is 5.92 Å². The maximum Gasteiger partial charge on any atom is 0.161 e. The number of ketones is 1. The number of Topliss-reactive ketones (excluding diaryl/α,β-unsaturated/α-hetero) is 1. The van der Waals surface area contributed by atoms with Gasteiger partial charge in [0.15, 0.2) is 5.78 Å². The van der Waals surface area contributed by atoms with E-state index in [2.05, 4.69) is 11.8 Å². The fourth-order valence-electron chi connectivity index (χ4n) is 2.65. The Morgan fingerprint density at radius 3 is 2.61 bits per heavy atom. The second kappa shape index (κ2) is 5.42. The summed E-state index contributed by atoms with van der Waals surface area (Å²) >= 11 is 0. The number of hydrogen-bond acceptors (Lipinski definition) is 3. The van der Waals surface area contributed by atoms with Crippen LogP contribution in [0.25, 0.3) is 0 Å². The van der Waals surface area contributed by atoms with Crippen LogP contribution in [0.3, 0.4) is 0 Å². The maximum atomic E-state index is 11.5. The number of carbonyl (C=O) groups excluding carboxylic acids is 1. The summed E-state index contributed by atoms with van der Waals surface area (Å²) in [4.78, 5) is 13.9. The summed E-state index contributed by atoms with van der Waals surface area (Å²) in [5, 5.41) is 0. The fraction of sp³-hybridized carbons (Fsp3) is 0.533. The van der Waals surface area contributed by atoms with E-state index in [0.29, 0.717) is 11.3 Å². The van der Waals surface area contributed by atoms with Crippen LogP contribution in [0.4, 0.5) is 11.4 Å². The molecular formula is C15H22N2O. The van der Waals surface area contributed by atoms with Crippen molar-refractivity contribution in [3.05, 3.63) is 23.8 Å². The predicted octanol–water partition coefficient (Wildman–Crippen LogP) is 3.10. The van der Waals surface area contributed by atoms with Crippen molar-refractivity contribution in [1.82, 2.24) is 0 Å². The summed E-state index contributed by atoms with van der Waals surface area (Å²) in [6.07, 6.45) is 3.76. The monoisotopic (exact) mass is 246 g/mol. The Kier molecular flexibility index (Phi) is 3.90. The van der Waals surface area contributed by atoms with Gasteiger partial charge in [-0.3, -0.25) is 4.79 Å². The van der Waals surface area contributed by atoms with Gasteiger partial charge in [-0.15, -0.1) is 0 Å². The van der Waals surface area contributed by atoms with Crippen molar-refractivity contribution in [2.75, 3.05) is 23.7 Å². The third kappa shape index (κ3) is 2.66. The molecule has 2 N–H and O–H groups in total. The Bertz CT molecular complexity index is 434. The number of piperidine rings is 1. The number of carbonyl (C=O) groups is 1. The molecule has 0 saturated carbocycles. The van der Waals surface area contributed by atoms with Crippen LogP contribution >= 0.6 is 0 Å². The first-order chi connectivity index (χ1) is 8.61. The van der Waals surface area contributed by atoms with Crippen molar-refractivity contribution in [2.45, 2.75) is 33.1 Å². The first kappa shape index (κ1) is 12.9. The number of hydrogen-bond donors (Lipinski definition) is 1. The lowest BCUT2D eigenvalue weighted by Crippen LogP contribution is -2.33. The summed E-state index contributed by atoms with van der Waals surface area (Å²) in [7, 11) is 0. The number of nitrogens with zero attached hydrogens (tertiary/aromatic N) is 1. The van der Waals surface area contributed by atoms with Crippen molar-refractivity contribution in [1.29, 1.82) is 0 Å². The Balaban J connectivity index is 2.15. The van der Waals surface area contributed by atoms with Gasteiger partial charge in [-0.2, -0.15) is 0 Å². The Labute approximate surface area is 109 Å². The molecule has 1 saturated heterocycles. The van der Waals surface area contributed by atoms with Crippen molar-refractivity contribution < 1.29 is 4.79 Å². The predicted molar refractivity (Wildman–Crippen MR) is 76.1 cm³/mol. The van der Waals surface area contributed by atoms with E-state index in [9.17, 15) is 4.79 Å². The highest BCUT2D eigenvalue weighted by Crippen LogP contribution is 2.27. The van der Waals surface area contributed by atoms with Gasteiger partial charge in [-0.1, -0.05) is 13.3 Å². The topological polar surface area (TPSA) is 46.3 Å². The zero-order valence-corrected chi connectivity index (χ0v) is 11.3. The number of benzene rings is 1. The van der Waals surface area contributed by atoms with Crippen molar-refractivity contribution in [3.8, 4) is 0 Å². The molecule has 1 aliphatic rings. The Hall–Kier alpha value is -1.51. The van der Waals surface area contributed by atoms with Crippen LogP contribution in [0.15, 0.2) is 18.2 Å². The first-order valence-electron chi connectivity index (χ1n) is 6.77. The fourth-order valence-corrected chi connectivity index (χ4v) is 2.65. The minimum atomic E-state index is 0.0396. The second-order valence-corrected chi connectivity index (χ2v) is 5.17. The summed E-state index contributed by atoms with van der Waals surface area (Å²) in [5.74, 6) is 0.903. The lowest BCUT2D eigenvalue weighted by Gasteiger charge is -2.33. The molecular weight excluding hydrogens is 224 g/mol. The standard InChI is InChI=1S/C15H22N2O/c1-3-12-6-8-17(9-7-12)13-4-5-15(16)14(10-13)11(2)18/h4-5,10,12H,3,6-9,16H2,1-2H3. The van der Waals surface area contributed by atoms with E-state index < -0.39 is 0 Å². The van der Waals surface area contributed by atoms with Gasteiger partial charge in [0, 0.05) is 30.0 Å². The smallest absolute Gasteiger partial charge is 0.161 e. The molecule has 98 valence electrons. The lowest BCUT2D eigenvalue weighted by molar-refractivity contribution is 0.101. The summed E-state index contributed by atoms with van der Waals surface area (Å²) in [5.41, 5.74) is 8.17. The van der Waals surface area contributed by atoms with Gasteiger partial charge in [0.05, 0.1) is 0 Å². The molecule has 1 fully saturated rings. The zero-order valence-electron chi connectivity index (χ0n) is 11.3. The number of nitrogen functional groups attached to an aromatic ring is 1. The number of anilines is 2. The summed E-state index contributed by atoms with van der Waals surface area (Å²) in [6, 6.07) is 5.80. The molecule has 0 aromatic heterocycles. The van der Waals surface area contributed by atoms with E-state index in [1.807, 2.05) is 18.2 Å². The van der Waals surface area contributed by atoms with Gasteiger partial charge < -0.3 is 10.6 Å². The maximum absolute atomic E-state index is 11.5. The van der Waals surface area contributed by atoms with Gasteiger partial charge in [0.2, 0.25) is 0 Å². The van der Waals surface area contributed by atoms with Gasteiger partial charge in [-0.25, -0.2) is 0 Å². The minimum Gasteiger partial charge on any atom is -0.398 e. The van der Waals surface area contributed by atoms with Crippen LogP contribution in [-0.2, 0) is 0 Å². The summed E-state index contributed by atoms with van der Waals surface area (Å²) < 4.78 is 0. The van der Waals surface area contributed by atoms with Crippen molar-refractivity contribution in [2.24, 2.45) is 5.92 Å². The van der Waals surface area contributed by atoms with Gasteiger partial charge in [0.1, 0.15) is 0 Å². The quantitative estimate of drug-likeness (QED) is 0.658. The Morgan fingerprint density at radius 2 is 2.06 bits per heavy atom. The number of nitrogens with two attached hydrogens (primary N) is 1. The molecule has 1 aliphatic heterocycles. The van der Waals surface area contributed by atoms with E-state index in [1.165, 1.54) is 19.3 Å². The number of rotatable bonds is 3. The van der Waals surface area contributed by atoms with E-state index >= 15 is 0 Å². The molecule has 0 radical (unpaired) electrons. The lowest BCUT2D eigenvalue weighted by atomic mass is 9.94. The molecule has 2 rings (SSSR count). The van der Waals surface area contributed by atoms with E-state index in [4.69, 9.17) is 5.73 Å². The van der Waals surface area contributed by atoms with Crippen LogP contribution in [0.5, 0.6) is 0 Å². The highest BCUT2D eigenvalue weighted by atomic mass is 16.1. The molecule has 0 amide bonds. The first-order valence-corrected chi connectivity index (χ1v) is 6.77. The zero-order chi connectivity index (χ0) is 13.1. The normalized spacial score (nSPS) is 16.9. The minimum absolute atomic E-state index is 0.0396. The van der Waals surface area contributed by atoms with E-state index in [0.717, 1.165) is 24.7 Å². The molecule has 0 spiro atoms. The SMILES string of the molecule is CCC1CCN(c2ccc(N)c(C(C)=O)c2)CC1. The summed E-state index contributed by atoms with van der Waals surface area (Å²) in [6.45, 7) is 6.00. The third-order valence-corrected chi connectivity index (χ3v) is 3.97. The molecule has 0 bridgehead atoms. The molecule has 3 nitrogen and oxygen atoms in total.